The molecule has 1 N–H and O–H groups in total. The van der Waals surface area contributed by atoms with E-state index in [-0.39, 0.29) is 12.2 Å². The van der Waals surface area contributed by atoms with Gasteiger partial charge in [0.2, 0.25) is 0 Å². The van der Waals surface area contributed by atoms with Gasteiger partial charge in [-0.3, -0.25) is 10.3 Å². The highest BCUT2D eigenvalue weighted by atomic mass is 16.5. The van der Waals surface area contributed by atoms with Crippen LogP contribution in [-0.2, 0) is 16.1 Å². The Bertz CT molecular complexity index is 451. The summed E-state index contributed by atoms with van der Waals surface area (Å²) in [4.78, 5) is 15.5. The molecule has 1 aromatic heterocycles. The molecule has 0 bridgehead atoms. The van der Waals surface area contributed by atoms with Crippen LogP contribution in [0.25, 0.3) is 0 Å². The summed E-state index contributed by atoms with van der Waals surface area (Å²) in [5, 5.41) is 11.9. The molecule has 0 saturated heterocycles. The van der Waals surface area contributed by atoms with E-state index in [0.29, 0.717) is 6.54 Å². The molecule has 0 saturated carbocycles. The van der Waals surface area contributed by atoms with Crippen molar-refractivity contribution in [2.45, 2.75) is 19.5 Å². The number of hydrogen-bond donors (Lipinski definition) is 1. The fraction of sp³-hybridized carbons (Fsp3) is 0.308. The summed E-state index contributed by atoms with van der Waals surface area (Å²) >= 11 is 0. The minimum atomic E-state index is -0.772. The fourth-order valence-electron chi connectivity index (χ4n) is 1.30. The second kappa shape index (κ2) is 7.20. The van der Waals surface area contributed by atoms with E-state index >= 15 is 0 Å². The number of rotatable bonds is 6. The highest BCUT2D eigenvalue weighted by Crippen LogP contribution is 2.03. The number of ether oxygens (including phenoxy) is 1. The lowest BCUT2D eigenvalue weighted by Crippen LogP contribution is -2.32. The molecule has 1 heterocycles. The van der Waals surface area contributed by atoms with Crippen molar-refractivity contribution in [3.8, 4) is 6.07 Å². The summed E-state index contributed by atoms with van der Waals surface area (Å²) < 4.78 is 4.79. The van der Waals surface area contributed by atoms with Crippen molar-refractivity contribution in [2.75, 3.05) is 6.61 Å². The molecule has 0 fully saturated rings. The lowest BCUT2D eigenvalue weighted by atomic mass is 10.1. The lowest BCUT2D eigenvalue weighted by molar-refractivity contribution is -0.138. The van der Waals surface area contributed by atoms with Crippen LogP contribution in [0.4, 0.5) is 0 Å². The summed E-state index contributed by atoms with van der Waals surface area (Å²) in [6.45, 7) is 5.93. The molecule has 1 aromatic rings. The Balaban J connectivity index is 2.55. The summed E-state index contributed by atoms with van der Waals surface area (Å²) in [5.41, 5.74) is 0.893. The molecular formula is C13H15N3O2. The van der Waals surface area contributed by atoms with E-state index in [1.807, 2.05) is 24.3 Å². The Labute approximate surface area is 106 Å². The van der Waals surface area contributed by atoms with Crippen molar-refractivity contribution in [3.63, 3.8) is 0 Å². The molecule has 5 nitrogen and oxygen atoms in total. The van der Waals surface area contributed by atoms with E-state index < -0.39 is 12.0 Å². The Morgan fingerprint density at radius 1 is 1.67 bits per heavy atom. The minimum absolute atomic E-state index is 0.107. The number of carbonyl (C=O) groups excluding carboxylic acids is 1. The Morgan fingerprint density at radius 2 is 2.44 bits per heavy atom. The predicted molar refractivity (Wildman–Crippen MR) is 66.3 cm³/mol. The molecule has 0 radical (unpaired) electrons. The monoisotopic (exact) mass is 245 g/mol. The standard InChI is InChI=1S/C13H15N3O2/c1-3-18-13(17)10(2)12(8-14)16-9-11-6-4-5-7-15-11/h4-7,12,16H,2-3,9H2,1H3. The Kier molecular flexibility index (Phi) is 5.55. The van der Waals surface area contributed by atoms with Gasteiger partial charge >= 0.3 is 5.97 Å². The van der Waals surface area contributed by atoms with Gasteiger partial charge in [-0.25, -0.2) is 4.79 Å². The van der Waals surface area contributed by atoms with Gasteiger partial charge < -0.3 is 4.74 Å². The van der Waals surface area contributed by atoms with Crippen LogP contribution >= 0.6 is 0 Å². The van der Waals surface area contributed by atoms with E-state index in [4.69, 9.17) is 10.00 Å². The fourth-order valence-corrected chi connectivity index (χ4v) is 1.30. The van der Waals surface area contributed by atoms with Gasteiger partial charge in [0.15, 0.2) is 0 Å². The van der Waals surface area contributed by atoms with Crippen molar-refractivity contribution in [1.29, 1.82) is 5.26 Å². The van der Waals surface area contributed by atoms with Crippen LogP contribution in [-0.4, -0.2) is 23.6 Å². The normalized spacial score (nSPS) is 11.3. The van der Waals surface area contributed by atoms with Crippen LogP contribution in [0.5, 0.6) is 0 Å². The third-order valence-electron chi connectivity index (χ3n) is 2.23. The highest BCUT2D eigenvalue weighted by Gasteiger charge is 2.19. The van der Waals surface area contributed by atoms with E-state index in [1.54, 1.807) is 13.1 Å². The number of aromatic nitrogens is 1. The second-order valence-electron chi connectivity index (χ2n) is 3.51. The molecule has 18 heavy (non-hydrogen) atoms. The topological polar surface area (TPSA) is 75.0 Å². The molecular weight excluding hydrogens is 230 g/mol. The van der Waals surface area contributed by atoms with Gasteiger partial charge in [0, 0.05) is 12.7 Å². The predicted octanol–water partition coefficient (Wildman–Crippen LogP) is 1.18. The molecule has 0 amide bonds. The molecule has 1 unspecified atom stereocenters. The molecule has 0 spiro atoms. The molecule has 0 aromatic carbocycles. The number of esters is 1. The van der Waals surface area contributed by atoms with Gasteiger partial charge in [0.25, 0.3) is 0 Å². The zero-order valence-corrected chi connectivity index (χ0v) is 10.2. The average molecular weight is 245 g/mol. The summed E-state index contributed by atoms with van der Waals surface area (Å²) in [7, 11) is 0. The maximum atomic E-state index is 11.4. The Morgan fingerprint density at radius 3 is 3.00 bits per heavy atom. The number of carbonyl (C=O) groups is 1. The molecule has 0 aliphatic rings. The quantitative estimate of drug-likeness (QED) is 0.601. The Hall–Kier alpha value is -2.19. The largest absolute Gasteiger partial charge is 0.463 e. The second-order valence-corrected chi connectivity index (χ2v) is 3.51. The van der Waals surface area contributed by atoms with Gasteiger partial charge in [0.1, 0.15) is 6.04 Å². The molecule has 0 aliphatic heterocycles. The van der Waals surface area contributed by atoms with Crippen LogP contribution < -0.4 is 5.32 Å². The van der Waals surface area contributed by atoms with E-state index in [0.717, 1.165) is 5.69 Å². The van der Waals surface area contributed by atoms with Gasteiger partial charge in [-0.05, 0) is 19.1 Å². The minimum Gasteiger partial charge on any atom is -0.463 e. The smallest absolute Gasteiger partial charge is 0.336 e. The van der Waals surface area contributed by atoms with Gasteiger partial charge in [-0.15, -0.1) is 0 Å². The van der Waals surface area contributed by atoms with Crippen molar-refractivity contribution in [3.05, 3.63) is 42.2 Å². The van der Waals surface area contributed by atoms with E-state index in [9.17, 15) is 4.79 Å². The molecule has 5 heteroatoms. The number of nitrogens with one attached hydrogen (secondary N) is 1. The van der Waals surface area contributed by atoms with Crippen LogP contribution in [0, 0.1) is 11.3 Å². The number of hydrogen-bond acceptors (Lipinski definition) is 5. The molecule has 0 aliphatic carbocycles. The van der Waals surface area contributed by atoms with Crippen LogP contribution in [0.2, 0.25) is 0 Å². The number of nitrogens with zero attached hydrogens (tertiary/aromatic N) is 2. The van der Waals surface area contributed by atoms with Crippen LogP contribution in [0.1, 0.15) is 12.6 Å². The zero-order chi connectivity index (χ0) is 13.4. The van der Waals surface area contributed by atoms with Gasteiger partial charge in [0.05, 0.1) is 23.9 Å². The first-order chi connectivity index (χ1) is 8.69. The zero-order valence-electron chi connectivity index (χ0n) is 10.2. The molecule has 94 valence electrons. The maximum Gasteiger partial charge on any atom is 0.336 e. The number of nitriles is 1. The summed E-state index contributed by atoms with van der Waals surface area (Å²) in [6, 6.07) is 6.69. The van der Waals surface area contributed by atoms with Crippen molar-refractivity contribution < 1.29 is 9.53 Å². The van der Waals surface area contributed by atoms with Crippen molar-refractivity contribution in [2.24, 2.45) is 0 Å². The first-order valence-electron chi connectivity index (χ1n) is 5.57. The summed E-state index contributed by atoms with van der Waals surface area (Å²) in [6.07, 6.45) is 1.67. The van der Waals surface area contributed by atoms with Gasteiger partial charge in [-0.1, -0.05) is 12.6 Å². The van der Waals surface area contributed by atoms with Crippen molar-refractivity contribution in [1.82, 2.24) is 10.3 Å². The number of pyridine rings is 1. The van der Waals surface area contributed by atoms with Crippen LogP contribution in [0.3, 0.4) is 0 Å². The first-order valence-corrected chi connectivity index (χ1v) is 5.57. The van der Waals surface area contributed by atoms with Crippen LogP contribution in [0.15, 0.2) is 36.5 Å². The molecule has 1 atom stereocenters. The SMILES string of the molecule is C=C(C(=O)OCC)C(C#N)NCc1ccccn1. The highest BCUT2D eigenvalue weighted by molar-refractivity contribution is 5.89. The van der Waals surface area contributed by atoms with Gasteiger partial charge in [-0.2, -0.15) is 5.26 Å². The third-order valence-corrected chi connectivity index (χ3v) is 2.23. The van der Waals surface area contributed by atoms with E-state index in [2.05, 4.69) is 16.9 Å². The van der Waals surface area contributed by atoms with E-state index in [1.165, 1.54) is 0 Å². The first kappa shape index (κ1) is 13.9. The third kappa shape index (κ3) is 4.00. The maximum absolute atomic E-state index is 11.4. The average Bonchev–Trinajstić information content (AvgIpc) is 2.40. The van der Waals surface area contributed by atoms with Crippen molar-refractivity contribution >= 4 is 5.97 Å². The molecule has 1 rings (SSSR count). The summed E-state index contributed by atoms with van der Waals surface area (Å²) in [5.74, 6) is -0.558. The lowest BCUT2D eigenvalue weighted by Gasteiger charge is -2.12.